The molecular formula is C23H18N2O. The molecule has 0 aliphatic rings. The molecule has 3 nitrogen and oxygen atoms in total. The van der Waals surface area contributed by atoms with Gasteiger partial charge >= 0.3 is 0 Å². The summed E-state index contributed by atoms with van der Waals surface area (Å²) in [5, 5.41) is 0.941. The van der Waals surface area contributed by atoms with Crippen molar-refractivity contribution in [2.75, 3.05) is 0 Å². The molecule has 0 amide bonds. The first-order valence-electron chi connectivity index (χ1n) is 8.59. The summed E-state index contributed by atoms with van der Waals surface area (Å²) in [4.78, 5) is 20.0. The Morgan fingerprint density at radius 1 is 0.962 bits per heavy atom. The predicted molar refractivity (Wildman–Crippen MR) is 104 cm³/mol. The molecule has 3 heteroatoms. The first-order chi connectivity index (χ1) is 12.8. The van der Waals surface area contributed by atoms with Gasteiger partial charge in [0, 0.05) is 29.8 Å². The molecule has 0 saturated carbocycles. The summed E-state index contributed by atoms with van der Waals surface area (Å²) < 4.78 is 0. The number of hydrogen-bond acceptors (Lipinski definition) is 3. The third-order valence-corrected chi connectivity index (χ3v) is 4.72. The maximum Gasteiger partial charge on any atom is 0.151 e. The van der Waals surface area contributed by atoms with Crippen LogP contribution in [-0.4, -0.2) is 16.3 Å². The Bertz CT molecular complexity index is 1090. The number of benzene rings is 2. The summed E-state index contributed by atoms with van der Waals surface area (Å²) in [5.74, 6) is 0. The second kappa shape index (κ2) is 6.89. The molecule has 0 bridgehead atoms. The third kappa shape index (κ3) is 3.00. The van der Waals surface area contributed by atoms with Crippen LogP contribution in [0.3, 0.4) is 0 Å². The lowest BCUT2D eigenvalue weighted by molar-refractivity contribution is 0.112. The predicted octanol–water partition coefficient (Wildman–Crippen LogP) is 5.01. The maximum absolute atomic E-state index is 11.0. The molecule has 4 rings (SSSR count). The highest BCUT2D eigenvalue weighted by molar-refractivity contribution is 5.87. The van der Waals surface area contributed by atoms with Crippen molar-refractivity contribution in [2.24, 2.45) is 0 Å². The largest absolute Gasteiger partial charge is 0.298 e. The average molecular weight is 338 g/mol. The number of nitrogens with zero attached hydrogens (tertiary/aromatic N) is 2. The number of aromatic nitrogens is 2. The van der Waals surface area contributed by atoms with Crippen LogP contribution in [0.5, 0.6) is 0 Å². The standard InChI is InChI=1S/C23H18N2O/c1-16-19(8-5-9-21(16)18-6-3-2-4-7-18)13-22-23-20(10-11-24-22)12-17(15-26)14-25-23/h2-12,14-15H,13H2,1H3. The van der Waals surface area contributed by atoms with Gasteiger partial charge in [-0.2, -0.15) is 0 Å². The number of aldehydes is 1. The van der Waals surface area contributed by atoms with Crippen LogP contribution in [-0.2, 0) is 6.42 Å². The summed E-state index contributed by atoms with van der Waals surface area (Å²) in [6, 6.07) is 20.5. The van der Waals surface area contributed by atoms with Gasteiger partial charge in [-0.05, 0) is 41.3 Å². The van der Waals surface area contributed by atoms with Crippen LogP contribution >= 0.6 is 0 Å². The molecule has 0 spiro atoms. The van der Waals surface area contributed by atoms with E-state index in [2.05, 4.69) is 59.4 Å². The van der Waals surface area contributed by atoms with Gasteiger partial charge in [-0.1, -0.05) is 48.5 Å². The SMILES string of the molecule is Cc1c(Cc2nccc3cc(C=O)cnc23)cccc1-c1ccccc1. The first-order valence-corrected chi connectivity index (χ1v) is 8.59. The first kappa shape index (κ1) is 16.2. The highest BCUT2D eigenvalue weighted by atomic mass is 16.1. The second-order valence-electron chi connectivity index (χ2n) is 6.35. The van der Waals surface area contributed by atoms with E-state index in [1.807, 2.05) is 18.2 Å². The highest BCUT2D eigenvalue weighted by Crippen LogP contribution is 2.27. The van der Waals surface area contributed by atoms with Gasteiger partial charge in [0.15, 0.2) is 6.29 Å². The number of pyridine rings is 2. The van der Waals surface area contributed by atoms with Crippen molar-refractivity contribution in [2.45, 2.75) is 13.3 Å². The number of fused-ring (bicyclic) bond motifs is 1. The molecule has 2 aromatic carbocycles. The molecule has 0 fully saturated rings. The molecular weight excluding hydrogens is 320 g/mol. The van der Waals surface area contributed by atoms with E-state index in [1.165, 1.54) is 22.3 Å². The maximum atomic E-state index is 11.0. The number of carbonyl (C=O) groups excluding carboxylic acids is 1. The number of hydrogen-bond donors (Lipinski definition) is 0. The summed E-state index contributed by atoms with van der Waals surface area (Å²) in [6.07, 6.45) is 4.91. The molecule has 0 saturated heterocycles. The van der Waals surface area contributed by atoms with Gasteiger partial charge in [0.25, 0.3) is 0 Å². The topological polar surface area (TPSA) is 42.9 Å². The monoisotopic (exact) mass is 338 g/mol. The molecule has 0 radical (unpaired) electrons. The van der Waals surface area contributed by atoms with Crippen LogP contribution in [0.15, 0.2) is 73.1 Å². The molecule has 0 aliphatic carbocycles. The van der Waals surface area contributed by atoms with E-state index in [4.69, 9.17) is 0 Å². The molecule has 0 unspecified atom stereocenters. The Balaban J connectivity index is 1.77. The Labute approximate surface area is 152 Å². The molecule has 0 atom stereocenters. The summed E-state index contributed by atoms with van der Waals surface area (Å²) in [7, 11) is 0. The minimum Gasteiger partial charge on any atom is -0.298 e. The zero-order valence-corrected chi connectivity index (χ0v) is 14.5. The van der Waals surface area contributed by atoms with Gasteiger partial charge in [0.05, 0.1) is 11.2 Å². The summed E-state index contributed by atoms with van der Waals surface area (Å²) >= 11 is 0. The van der Waals surface area contributed by atoms with Gasteiger partial charge < -0.3 is 0 Å². The molecule has 2 aromatic heterocycles. The quantitative estimate of drug-likeness (QED) is 0.491. The van der Waals surface area contributed by atoms with Crippen molar-refractivity contribution < 1.29 is 4.79 Å². The van der Waals surface area contributed by atoms with E-state index in [0.717, 1.165) is 22.9 Å². The lowest BCUT2D eigenvalue weighted by Gasteiger charge is -2.12. The van der Waals surface area contributed by atoms with Crippen molar-refractivity contribution in [3.8, 4) is 11.1 Å². The Morgan fingerprint density at radius 2 is 1.81 bits per heavy atom. The zero-order chi connectivity index (χ0) is 17.9. The summed E-state index contributed by atoms with van der Waals surface area (Å²) in [5.41, 5.74) is 7.29. The minimum atomic E-state index is 0.580. The van der Waals surface area contributed by atoms with Crippen LogP contribution in [0.4, 0.5) is 0 Å². The zero-order valence-electron chi connectivity index (χ0n) is 14.5. The van der Waals surface area contributed by atoms with Crippen molar-refractivity contribution >= 4 is 17.2 Å². The van der Waals surface area contributed by atoms with Crippen LogP contribution in [0.1, 0.15) is 27.2 Å². The van der Waals surface area contributed by atoms with Crippen molar-refractivity contribution in [3.05, 3.63) is 95.4 Å². The van der Waals surface area contributed by atoms with E-state index in [9.17, 15) is 4.79 Å². The molecule has 0 aliphatic heterocycles. The normalized spacial score (nSPS) is 10.8. The van der Waals surface area contributed by atoms with Gasteiger partial charge in [-0.15, -0.1) is 0 Å². The van der Waals surface area contributed by atoms with Crippen molar-refractivity contribution in [1.29, 1.82) is 0 Å². The Morgan fingerprint density at radius 3 is 2.62 bits per heavy atom. The lowest BCUT2D eigenvalue weighted by Crippen LogP contribution is -1.99. The highest BCUT2D eigenvalue weighted by Gasteiger charge is 2.10. The lowest BCUT2D eigenvalue weighted by atomic mass is 9.94. The third-order valence-electron chi connectivity index (χ3n) is 4.72. The molecule has 2 heterocycles. The van der Waals surface area contributed by atoms with Crippen LogP contribution in [0.2, 0.25) is 0 Å². The fourth-order valence-corrected chi connectivity index (χ4v) is 3.32. The van der Waals surface area contributed by atoms with Gasteiger partial charge in [0.2, 0.25) is 0 Å². The molecule has 0 N–H and O–H groups in total. The summed E-state index contributed by atoms with van der Waals surface area (Å²) in [6.45, 7) is 2.15. The number of rotatable bonds is 4. The van der Waals surface area contributed by atoms with Crippen LogP contribution in [0.25, 0.3) is 22.0 Å². The molecule has 4 aromatic rings. The van der Waals surface area contributed by atoms with E-state index in [-0.39, 0.29) is 0 Å². The Kier molecular flexibility index (Phi) is 4.28. The van der Waals surface area contributed by atoms with Gasteiger partial charge in [-0.25, -0.2) is 0 Å². The van der Waals surface area contributed by atoms with Gasteiger partial charge in [-0.3, -0.25) is 14.8 Å². The van der Waals surface area contributed by atoms with E-state index in [1.54, 1.807) is 12.4 Å². The fraction of sp³-hybridized carbons (Fsp3) is 0.0870. The van der Waals surface area contributed by atoms with Crippen molar-refractivity contribution in [3.63, 3.8) is 0 Å². The van der Waals surface area contributed by atoms with Crippen molar-refractivity contribution in [1.82, 2.24) is 9.97 Å². The van der Waals surface area contributed by atoms with Crippen LogP contribution in [0, 0.1) is 6.92 Å². The van der Waals surface area contributed by atoms with E-state index in [0.29, 0.717) is 12.0 Å². The van der Waals surface area contributed by atoms with E-state index >= 15 is 0 Å². The van der Waals surface area contributed by atoms with Crippen LogP contribution < -0.4 is 0 Å². The van der Waals surface area contributed by atoms with Gasteiger partial charge in [0.1, 0.15) is 0 Å². The Hall–Kier alpha value is -3.33. The smallest absolute Gasteiger partial charge is 0.151 e. The fourth-order valence-electron chi connectivity index (χ4n) is 3.32. The second-order valence-corrected chi connectivity index (χ2v) is 6.35. The number of carbonyl (C=O) groups is 1. The minimum absolute atomic E-state index is 0.580. The molecule has 126 valence electrons. The average Bonchev–Trinajstić information content (AvgIpc) is 2.70. The molecule has 26 heavy (non-hydrogen) atoms. The van der Waals surface area contributed by atoms with E-state index < -0.39 is 0 Å².